The Balaban J connectivity index is 1.68. The van der Waals surface area contributed by atoms with Crippen LogP contribution >= 0.6 is 0 Å². The molecule has 1 aliphatic heterocycles. The predicted molar refractivity (Wildman–Crippen MR) is 79.5 cm³/mol. The van der Waals surface area contributed by atoms with Gasteiger partial charge in [0.15, 0.2) is 0 Å². The Kier molecular flexibility index (Phi) is 3.41. The Bertz CT molecular complexity index is 577. The van der Waals surface area contributed by atoms with E-state index in [1.54, 1.807) is 6.20 Å². The Morgan fingerprint density at radius 3 is 2.25 bits per heavy atom. The number of hydrogen-bond acceptors (Lipinski definition) is 4. The molecule has 4 nitrogen and oxygen atoms in total. The molecule has 0 unspecified atom stereocenters. The van der Waals surface area contributed by atoms with E-state index >= 15 is 0 Å². The number of anilines is 3. The van der Waals surface area contributed by atoms with Crippen molar-refractivity contribution < 1.29 is 4.39 Å². The lowest BCUT2D eigenvalue weighted by molar-refractivity contribution is 0.625. The van der Waals surface area contributed by atoms with Gasteiger partial charge in [0.05, 0.1) is 5.69 Å². The van der Waals surface area contributed by atoms with Crippen molar-refractivity contribution >= 4 is 17.2 Å². The van der Waals surface area contributed by atoms with Crippen LogP contribution in [-0.4, -0.2) is 31.2 Å². The van der Waals surface area contributed by atoms with Crippen molar-refractivity contribution in [3.8, 4) is 0 Å². The minimum atomic E-state index is -0.199. The third-order valence-electron chi connectivity index (χ3n) is 3.63. The van der Waals surface area contributed by atoms with Crippen LogP contribution in [-0.2, 0) is 0 Å². The number of nitrogen functional groups attached to an aromatic ring is 1. The number of nitrogens with zero attached hydrogens (tertiary/aromatic N) is 3. The van der Waals surface area contributed by atoms with Gasteiger partial charge < -0.3 is 15.5 Å². The molecule has 1 aromatic heterocycles. The highest BCUT2D eigenvalue weighted by molar-refractivity contribution is 5.63. The molecule has 0 aliphatic carbocycles. The number of halogens is 1. The van der Waals surface area contributed by atoms with Crippen LogP contribution in [0.25, 0.3) is 0 Å². The molecule has 1 aromatic carbocycles. The molecule has 2 heterocycles. The average Bonchev–Trinajstić information content (AvgIpc) is 2.49. The number of benzene rings is 1. The summed E-state index contributed by atoms with van der Waals surface area (Å²) in [4.78, 5) is 8.61. The van der Waals surface area contributed by atoms with Crippen molar-refractivity contribution in [2.75, 3.05) is 41.7 Å². The number of hydrogen-bond donors (Lipinski definition) is 1. The zero-order chi connectivity index (χ0) is 13.9. The molecule has 0 saturated carbocycles. The predicted octanol–water partition coefficient (Wildman–Crippen LogP) is 2.13. The van der Waals surface area contributed by atoms with Crippen LogP contribution in [0.3, 0.4) is 0 Å². The lowest BCUT2D eigenvalue weighted by atomic mass is 10.2. The second-order valence-corrected chi connectivity index (χ2v) is 4.86. The molecule has 0 atom stereocenters. The summed E-state index contributed by atoms with van der Waals surface area (Å²) < 4.78 is 12.9. The summed E-state index contributed by atoms with van der Waals surface area (Å²) in [5, 5.41) is 0. The highest BCUT2D eigenvalue weighted by Crippen LogP contribution is 2.23. The fraction of sp³-hybridized carbons (Fsp3) is 0.267. The molecule has 1 saturated heterocycles. The summed E-state index contributed by atoms with van der Waals surface area (Å²) in [7, 11) is 0. The average molecular weight is 272 g/mol. The first-order valence-corrected chi connectivity index (χ1v) is 6.70. The van der Waals surface area contributed by atoms with Crippen molar-refractivity contribution in [3.05, 3.63) is 48.4 Å². The second kappa shape index (κ2) is 5.36. The van der Waals surface area contributed by atoms with E-state index < -0.39 is 0 Å². The largest absolute Gasteiger partial charge is 0.382 e. The number of aromatic nitrogens is 1. The molecule has 5 heteroatoms. The fourth-order valence-electron chi connectivity index (χ4n) is 2.53. The van der Waals surface area contributed by atoms with Crippen LogP contribution in [0, 0.1) is 5.82 Å². The monoisotopic (exact) mass is 272 g/mol. The SMILES string of the molecule is Nc1ncccc1N1CCN(c2ccc(F)cc2)CC1. The van der Waals surface area contributed by atoms with E-state index in [9.17, 15) is 4.39 Å². The van der Waals surface area contributed by atoms with Gasteiger partial charge in [-0.3, -0.25) is 0 Å². The first kappa shape index (κ1) is 12.7. The molecule has 0 bridgehead atoms. The molecule has 0 amide bonds. The van der Waals surface area contributed by atoms with E-state index in [0.717, 1.165) is 37.6 Å². The van der Waals surface area contributed by atoms with Crippen LogP contribution < -0.4 is 15.5 Å². The summed E-state index contributed by atoms with van der Waals surface area (Å²) in [6.07, 6.45) is 1.70. The molecule has 2 aromatic rings. The normalized spacial score (nSPS) is 15.4. The summed E-state index contributed by atoms with van der Waals surface area (Å²) in [6.45, 7) is 3.54. The van der Waals surface area contributed by atoms with Gasteiger partial charge in [-0.15, -0.1) is 0 Å². The molecular formula is C15H17FN4. The molecule has 1 aliphatic rings. The minimum Gasteiger partial charge on any atom is -0.382 e. The summed E-state index contributed by atoms with van der Waals surface area (Å²) in [5.74, 6) is 0.373. The number of nitrogens with two attached hydrogens (primary N) is 1. The molecule has 20 heavy (non-hydrogen) atoms. The third-order valence-corrected chi connectivity index (χ3v) is 3.63. The first-order valence-electron chi connectivity index (χ1n) is 6.70. The van der Waals surface area contributed by atoms with Crippen molar-refractivity contribution in [1.82, 2.24) is 4.98 Å². The zero-order valence-electron chi connectivity index (χ0n) is 11.2. The molecule has 0 spiro atoms. The maximum absolute atomic E-state index is 12.9. The van der Waals surface area contributed by atoms with Crippen LogP contribution in [0.15, 0.2) is 42.6 Å². The van der Waals surface area contributed by atoms with E-state index in [1.807, 2.05) is 24.3 Å². The van der Waals surface area contributed by atoms with Crippen LogP contribution in [0.1, 0.15) is 0 Å². The van der Waals surface area contributed by atoms with Crippen molar-refractivity contribution in [2.24, 2.45) is 0 Å². The molecule has 104 valence electrons. The smallest absolute Gasteiger partial charge is 0.146 e. The highest BCUT2D eigenvalue weighted by Gasteiger charge is 2.19. The molecular weight excluding hydrogens is 255 g/mol. The summed E-state index contributed by atoms with van der Waals surface area (Å²) in [6, 6.07) is 10.5. The maximum Gasteiger partial charge on any atom is 0.146 e. The van der Waals surface area contributed by atoms with E-state index in [4.69, 9.17) is 5.73 Å². The molecule has 1 fully saturated rings. The van der Waals surface area contributed by atoms with E-state index in [0.29, 0.717) is 5.82 Å². The van der Waals surface area contributed by atoms with Gasteiger partial charge >= 0.3 is 0 Å². The minimum absolute atomic E-state index is 0.199. The highest BCUT2D eigenvalue weighted by atomic mass is 19.1. The maximum atomic E-state index is 12.9. The van der Waals surface area contributed by atoms with Gasteiger partial charge in [0.1, 0.15) is 11.6 Å². The lowest BCUT2D eigenvalue weighted by Crippen LogP contribution is -2.46. The van der Waals surface area contributed by atoms with E-state index in [1.165, 1.54) is 12.1 Å². The zero-order valence-corrected chi connectivity index (χ0v) is 11.2. The Hall–Kier alpha value is -2.30. The van der Waals surface area contributed by atoms with Gasteiger partial charge in [-0.2, -0.15) is 0 Å². The number of rotatable bonds is 2. The number of pyridine rings is 1. The quantitative estimate of drug-likeness (QED) is 0.909. The Morgan fingerprint density at radius 2 is 1.60 bits per heavy atom. The number of piperazine rings is 1. The third kappa shape index (κ3) is 2.52. The molecule has 2 N–H and O–H groups in total. The second-order valence-electron chi connectivity index (χ2n) is 4.86. The molecule has 3 rings (SSSR count). The van der Waals surface area contributed by atoms with E-state index in [2.05, 4.69) is 14.8 Å². The van der Waals surface area contributed by atoms with Gasteiger partial charge in [-0.25, -0.2) is 9.37 Å². The van der Waals surface area contributed by atoms with Gasteiger partial charge in [-0.05, 0) is 36.4 Å². The van der Waals surface area contributed by atoms with Gasteiger partial charge in [-0.1, -0.05) is 0 Å². The van der Waals surface area contributed by atoms with Crippen LogP contribution in [0.2, 0.25) is 0 Å². The van der Waals surface area contributed by atoms with Crippen molar-refractivity contribution in [3.63, 3.8) is 0 Å². The van der Waals surface area contributed by atoms with Gasteiger partial charge in [0.25, 0.3) is 0 Å². The standard InChI is InChI=1S/C15H17FN4/c16-12-3-5-13(6-4-12)19-8-10-20(11-9-19)14-2-1-7-18-15(14)17/h1-7H,8-11H2,(H2,17,18). The Morgan fingerprint density at radius 1 is 0.950 bits per heavy atom. The fourth-order valence-corrected chi connectivity index (χ4v) is 2.53. The molecule has 0 radical (unpaired) electrons. The lowest BCUT2D eigenvalue weighted by Gasteiger charge is -2.37. The summed E-state index contributed by atoms with van der Waals surface area (Å²) >= 11 is 0. The van der Waals surface area contributed by atoms with Gasteiger partial charge in [0.2, 0.25) is 0 Å². The van der Waals surface area contributed by atoms with Crippen LogP contribution in [0.5, 0.6) is 0 Å². The Labute approximate surface area is 117 Å². The van der Waals surface area contributed by atoms with Crippen molar-refractivity contribution in [1.29, 1.82) is 0 Å². The first-order chi connectivity index (χ1) is 9.74. The van der Waals surface area contributed by atoms with Crippen LogP contribution in [0.4, 0.5) is 21.6 Å². The topological polar surface area (TPSA) is 45.4 Å². The van der Waals surface area contributed by atoms with Crippen molar-refractivity contribution in [2.45, 2.75) is 0 Å². The summed E-state index contributed by atoms with van der Waals surface area (Å²) in [5.41, 5.74) is 7.96. The van der Waals surface area contributed by atoms with E-state index in [-0.39, 0.29) is 5.82 Å². The van der Waals surface area contributed by atoms with Gasteiger partial charge in [0, 0.05) is 38.1 Å².